The number of para-hydroxylation sites is 1. The second kappa shape index (κ2) is 5.52. The Hall–Kier alpha value is -1.06. The monoisotopic (exact) mass is 261 g/mol. The fourth-order valence-corrected chi connectivity index (χ4v) is 2.92. The Morgan fingerprint density at radius 1 is 0.882 bits per heavy atom. The Morgan fingerprint density at radius 2 is 1.65 bits per heavy atom. The van der Waals surface area contributed by atoms with Gasteiger partial charge in [-0.2, -0.15) is 0 Å². The SMILES string of the molecule is CSc1ccc(-c2ccccc2N)c(SC)c1. The predicted molar refractivity (Wildman–Crippen MR) is 79.9 cm³/mol. The smallest absolute Gasteiger partial charge is 0.0394 e. The summed E-state index contributed by atoms with van der Waals surface area (Å²) in [6.07, 6.45) is 4.19. The van der Waals surface area contributed by atoms with Crippen LogP contribution in [0.5, 0.6) is 0 Å². The van der Waals surface area contributed by atoms with E-state index in [4.69, 9.17) is 5.73 Å². The van der Waals surface area contributed by atoms with Crippen LogP contribution in [-0.2, 0) is 0 Å². The summed E-state index contributed by atoms with van der Waals surface area (Å²) in [6.45, 7) is 0. The minimum absolute atomic E-state index is 0.833. The van der Waals surface area contributed by atoms with Crippen LogP contribution in [0.25, 0.3) is 11.1 Å². The van der Waals surface area contributed by atoms with E-state index in [1.54, 1.807) is 23.5 Å². The molecule has 0 aliphatic rings. The van der Waals surface area contributed by atoms with E-state index < -0.39 is 0 Å². The molecule has 88 valence electrons. The molecule has 0 fully saturated rings. The van der Waals surface area contributed by atoms with Crippen molar-refractivity contribution in [1.82, 2.24) is 0 Å². The van der Waals surface area contributed by atoms with E-state index in [0.717, 1.165) is 11.3 Å². The first kappa shape index (κ1) is 12.4. The molecule has 2 aromatic rings. The van der Waals surface area contributed by atoms with Crippen molar-refractivity contribution in [2.75, 3.05) is 18.2 Å². The minimum Gasteiger partial charge on any atom is -0.398 e. The second-order valence-electron chi connectivity index (χ2n) is 3.65. The van der Waals surface area contributed by atoms with Gasteiger partial charge in [0.1, 0.15) is 0 Å². The summed E-state index contributed by atoms with van der Waals surface area (Å²) in [6, 6.07) is 14.5. The van der Waals surface area contributed by atoms with Crippen LogP contribution >= 0.6 is 23.5 Å². The number of anilines is 1. The maximum Gasteiger partial charge on any atom is 0.0394 e. The number of nitrogen functional groups attached to an aromatic ring is 1. The van der Waals surface area contributed by atoms with Gasteiger partial charge in [0, 0.05) is 21.0 Å². The molecule has 0 aliphatic heterocycles. The molecule has 0 aliphatic carbocycles. The van der Waals surface area contributed by atoms with Crippen molar-refractivity contribution in [2.45, 2.75) is 9.79 Å². The summed E-state index contributed by atoms with van der Waals surface area (Å²) in [5.41, 5.74) is 9.20. The summed E-state index contributed by atoms with van der Waals surface area (Å²) in [5.74, 6) is 0. The minimum atomic E-state index is 0.833. The van der Waals surface area contributed by atoms with E-state index in [2.05, 4.69) is 36.8 Å². The Morgan fingerprint density at radius 3 is 2.29 bits per heavy atom. The van der Waals surface area contributed by atoms with Gasteiger partial charge in [-0.15, -0.1) is 23.5 Å². The van der Waals surface area contributed by atoms with E-state index >= 15 is 0 Å². The van der Waals surface area contributed by atoms with E-state index in [1.807, 2.05) is 18.2 Å². The molecule has 0 bridgehead atoms. The van der Waals surface area contributed by atoms with Gasteiger partial charge in [0.2, 0.25) is 0 Å². The molecule has 0 heterocycles. The van der Waals surface area contributed by atoms with Crippen molar-refractivity contribution in [3.05, 3.63) is 42.5 Å². The molecule has 0 amide bonds. The largest absolute Gasteiger partial charge is 0.398 e. The summed E-state index contributed by atoms with van der Waals surface area (Å²) in [5, 5.41) is 0. The molecule has 0 unspecified atom stereocenters. The van der Waals surface area contributed by atoms with E-state index in [0.29, 0.717) is 0 Å². The predicted octanol–water partition coefficient (Wildman–Crippen LogP) is 4.38. The molecule has 0 atom stereocenters. The van der Waals surface area contributed by atoms with Crippen molar-refractivity contribution < 1.29 is 0 Å². The van der Waals surface area contributed by atoms with Gasteiger partial charge in [-0.3, -0.25) is 0 Å². The number of rotatable bonds is 3. The Kier molecular flexibility index (Phi) is 4.02. The molecule has 0 saturated heterocycles. The topological polar surface area (TPSA) is 26.0 Å². The molecule has 2 aromatic carbocycles. The normalized spacial score (nSPS) is 10.5. The molecule has 3 heteroatoms. The average molecular weight is 261 g/mol. The summed E-state index contributed by atoms with van der Waals surface area (Å²) in [4.78, 5) is 2.56. The second-order valence-corrected chi connectivity index (χ2v) is 5.38. The zero-order valence-electron chi connectivity index (χ0n) is 9.94. The highest BCUT2D eigenvalue weighted by molar-refractivity contribution is 7.99. The van der Waals surface area contributed by atoms with Crippen LogP contribution in [0, 0.1) is 0 Å². The molecule has 2 rings (SSSR count). The number of nitrogens with two attached hydrogens (primary N) is 1. The van der Waals surface area contributed by atoms with Crippen molar-refractivity contribution in [3.63, 3.8) is 0 Å². The van der Waals surface area contributed by atoms with E-state index in [9.17, 15) is 0 Å². The maximum absolute atomic E-state index is 6.03. The standard InChI is InChI=1S/C14H15NS2/c1-16-10-7-8-12(14(9-10)17-2)11-5-3-4-6-13(11)15/h3-9H,15H2,1-2H3. The highest BCUT2D eigenvalue weighted by Gasteiger charge is 2.07. The third kappa shape index (κ3) is 2.61. The molecule has 2 N–H and O–H groups in total. The zero-order chi connectivity index (χ0) is 12.3. The molecule has 0 spiro atoms. The van der Waals surface area contributed by atoms with Crippen molar-refractivity contribution in [1.29, 1.82) is 0 Å². The average Bonchev–Trinajstić information content (AvgIpc) is 2.38. The van der Waals surface area contributed by atoms with Gasteiger partial charge in [0.05, 0.1) is 0 Å². The van der Waals surface area contributed by atoms with Crippen LogP contribution in [0.4, 0.5) is 5.69 Å². The van der Waals surface area contributed by atoms with Gasteiger partial charge in [-0.05, 0) is 36.3 Å². The lowest BCUT2D eigenvalue weighted by Gasteiger charge is -2.11. The van der Waals surface area contributed by atoms with Crippen molar-refractivity contribution in [2.24, 2.45) is 0 Å². The van der Waals surface area contributed by atoms with Gasteiger partial charge in [-0.25, -0.2) is 0 Å². The van der Waals surface area contributed by atoms with Crippen molar-refractivity contribution >= 4 is 29.2 Å². The highest BCUT2D eigenvalue weighted by atomic mass is 32.2. The third-order valence-corrected chi connectivity index (χ3v) is 4.16. The maximum atomic E-state index is 6.03. The first-order valence-electron chi connectivity index (χ1n) is 5.33. The van der Waals surface area contributed by atoms with Crippen molar-refractivity contribution in [3.8, 4) is 11.1 Å². The highest BCUT2D eigenvalue weighted by Crippen LogP contribution is 2.35. The summed E-state index contributed by atoms with van der Waals surface area (Å²) < 4.78 is 0. The van der Waals surface area contributed by atoms with Gasteiger partial charge >= 0.3 is 0 Å². The molecule has 17 heavy (non-hydrogen) atoms. The molecule has 0 aromatic heterocycles. The number of hydrogen-bond acceptors (Lipinski definition) is 3. The van der Waals surface area contributed by atoms with Crippen LogP contribution < -0.4 is 5.73 Å². The third-order valence-electron chi connectivity index (χ3n) is 2.66. The first-order chi connectivity index (χ1) is 8.26. The van der Waals surface area contributed by atoms with Crippen LogP contribution in [0.15, 0.2) is 52.3 Å². The van der Waals surface area contributed by atoms with Crippen LogP contribution in [0.2, 0.25) is 0 Å². The van der Waals surface area contributed by atoms with Gasteiger partial charge in [0.15, 0.2) is 0 Å². The number of benzene rings is 2. The number of thioether (sulfide) groups is 2. The van der Waals surface area contributed by atoms with Gasteiger partial charge in [-0.1, -0.05) is 24.3 Å². The molecular weight excluding hydrogens is 246 g/mol. The Bertz CT molecular complexity index is 523. The van der Waals surface area contributed by atoms with E-state index in [1.165, 1.54) is 15.4 Å². The lowest BCUT2D eigenvalue weighted by Crippen LogP contribution is -1.91. The number of hydrogen-bond donors (Lipinski definition) is 1. The molecule has 0 radical (unpaired) electrons. The Balaban J connectivity index is 2.56. The molecule has 1 nitrogen and oxygen atoms in total. The lowest BCUT2D eigenvalue weighted by molar-refractivity contribution is 1.34. The van der Waals surface area contributed by atoms with Crippen LogP contribution in [0.3, 0.4) is 0 Å². The van der Waals surface area contributed by atoms with Gasteiger partial charge in [0.25, 0.3) is 0 Å². The summed E-state index contributed by atoms with van der Waals surface area (Å²) >= 11 is 3.52. The lowest BCUT2D eigenvalue weighted by atomic mass is 10.0. The van der Waals surface area contributed by atoms with Gasteiger partial charge < -0.3 is 5.73 Å². The van der Waals surface area contributed by atoms with Crippen LogP contribution in [-0.4, -0.2) is 12.5 Å². The molecule has 0 saturated carbocycles. The molecular formula is C14H15NS2. The van der Waals surface area contributed by atoms with E-state index in [-0.39, 0.29) is 0 Å². The fourth-order valence-electron chi connectivity index (χ4n) is 1.76. The zero-order valence-corrected chi connectivity index (χ0v) is 11.6. The first-order valence-corrected chi connectivity index (χ1v) is 7.78. The fraction of sp³-hybridized carbons (Fsp3) is 0.143. The summed E-state index contributed by atoms with van der Waals surface area (Å²) in [7, 11) is 0. The van der Waals surface area contributed by atoms with Crippen LogP contribution in [0.1, 0.15) is 0 Å². The quantitative estimate of drug-likeness (QED) is 0.656. The Labute approximate surface area is 111 Å².